The highest BCUT2D eigenvalue weighted by Crippen LogP contribution is 2.26. The maximum Gasteiger partial charge on any atom is 0.293 e. The molecule has 4 rings (SSSR count). The number of benzene rings is 2. The first-order valence-corrected chi connectivity index (χ1v) is 9.68. The Morgan fingerprint density at radius 2 is 1.93 bits per heavy atom. The topological polar surface area (TPSA) is 64.4 Å². The average Bonchev–Trinajstić information content (AvgIpc) is 3.39. The summed E-state index contributed by atoms with van der Waals surface area (Å²) in [7, 11) is 1.63. The van der Waals surface area contributed by atoms with Crippen LogP contribution in [0.15, 0.2) is 71.3 Å². The van der Waals surface area contributed by atoms with Crippen molar-refractivity contribution in [3.8, 4) is 17.1 Å². The van der Waals surface area contributed by atoms with Crippen LogP contribution in [-0.4, -0.2) is 18.0 Å². The first-order chi connectivity index (χ1) is 14.1. The number of anilines is 1. The number of rotatable bonds is 6. The zero-order valence-corrected chi connectivity index (χ0v) is 16.3. The Kier molecular flexibility index (Phi) is 5.39. The van der Waals surface area contributed by atoms with Crippen molar-refractivity contribution in [2.75, 3.05) is 12.4 Å². The summed E-state index contributed by atoms with van der Waals surface area (Å²) < 4.78 is 24.6. The van der Waals surface area contributed by atoms with E-state index < -0.39 is 11.7 Å². The first-order valence-electron chi connectivity index (χ1n) is 8.86. The van der Waals surface area contributed by atoms with E-state index in [0.717, 1.165) is 16.2 Å². The van der Waals surface area contributed by atoms with Gasteiger partial charge in [0.1, 0.15) is 17.3 Å². The largest absolute Gasteiger partial charge is 0.497 e. The summed E-state index contributed by atoms with van der Waals surface area (Å²) in [6.45, 7) is 0. The van der Waals surface area contributed by atoms with E-state index in [1.807, 2.05) is 24.3 Å². The third-order valence-corrected chi connectivity index (χ3v) is 5.19. The molecule has 2 aromatic heterocycles. The number of thiazole rings is 1. The van der Waals surface area contributed by atoms with Crippen molar-refractivity contribution in [3.63, 3.8) is 0 Å². The molecule has 0 aliphatic rings. The summed E-state index contributed by atoms with van der Waals surface area (Å²) in [6.07, 6.45) is 2.44. The Morgan fingerprint density at radius 3 is 2.69 bits per heavy atom. The summed E-state index contributed by atoms with van der Waals surface area (Å²) in [5, 5.41) is 3.20. The molecule has 0 fully saturated rings. The fraction of sp³-hybridized carbons (Fsp3) is 0.0909. The van der Waals surface area contributed by atoms with Crippen LogP contribution >= 0.6 is 11.3 Å². The molecule has 1 amide bonds. The summed E-state index contributed by atoms with van der Waals surface area (Å²) in [6, 6.07) is 17.1. The fourth-order valence-corrected chi connectivity index (χ4v) is 3.66. The quantitative estimate of drug-likeness (QED) is 0.464. The summed E-state index contributed by atoms with van der Waals surface area (Å²) in [5.74, 6) is 0.358. The van der Waals surface area contributed by atoms with Gasteiger partial charge in [0, 0.05) is 17.5 Å². The number of carbonyl (C=O) groups excluding carboxylic acids is 1. The highest BCUT2D eigenvalue weighted by Gasteiger charge is 2.16. The molecule has 0 saturated carbocycles. The van der Waals surface area contributed by atoms with E-state index in [1.165, 1.54) is 23.5 Å². The Morgan fingerprint density at radius 1 is 1.14 bits per heavy atom. The number of ether oxygens (including phenoxy) is 1. The molecule has 0 bridgehead atoms. The lowest BCUT2D eigenvalue weighted by molar-refractivity contribution is 0.0997. The summed E-state index contributed by atoms with van der Waals surface area (Å²) in [4.78, 5) is 17.7. The van der Waals surface area contributed by atoms with Gasteiger partial charge in [-0.3, -0.25) is 10.1 Å². The van der Waals surface area contributed by atoms with Gasteiger partial charge in [0.25, 0.3) is 5.91 Å². The van der Waals surface area contributed by atoms with Gasteiger partial charge in [-0.25, -0.2) is 9.37 Å². The van der Waals surface area contributed by atoms with Crippen LogP contribution in [0.25, 0.3) is 11.3 Å². The molecule has 4 aromatic rings. The van der Waals surface area contributed by atoms with Crippen molar-refractivity contribution in [2.24, 2.45) is 0 Å². The minimum absolute atomic E-state index is 0.0927. The van der Waals surface area contributed by atoms with E-state index in [9.17, 15) is 9.18 Å². The molecule has 0 aliphatic carbocycles. The zero-order valence-electron chi connectivity index (χ0n) is 15.5. The molecular formula is C22H17FN2O3S. The number of aromatic nitrogens is 1. The number of amides is 1. The molecule has 146 valence electrons. The molecule has 1 N–H and O–H groups in total. The normalized spacial score (nSPS) is 10.7. The lowest BCUT2D eigenvalue weighted by atomic mass is 10.1. The van der Waals surface area contributed by atoms with Crippen LogP contribution in [0.2, 0.25) is 0 Å². The Hall–Kier alpha value is -3.45. The number of nitrogens with one attached hydrogen (secondary N) is 1. The average molecular weight is 408 g/mol. The smallest absolute Gasteiger partial charge is 0.293 e. The van der Waals surface area contributed by atoms with Gasteiger partial charge in [-0.15, -0.1) is 11.3 Å². The van der Waals surface area contributed by atoms with Gasteiger partial charge in [0.15, 0.2) is 10.9 Å². The standard InChI is InChI=1S/C22H17FN2O3S/c1-27-15-8-6-14(7-9-15)12-16-13-24-22(29-16)25-21(26)20-11-10-19(28-20)17-4-2-3-5-18(17)23/h2-11,13H,12H2,1H3,(H,24,25,26). The molecule has 2 aromatic carbocycles. The predicted molar refractivity (Wildman–Crippen MR) is 110 cm³/mol. The fourth-order valence-electron chi connectivity index (χ4n) is 2.82. The van der Waals surface area contributed by atoms with Crippen LogP contribution in [0.4, 0.5) is 9.52 Å². The molecule has 5 nitrogen and oxygen atoms in total. The molecule has 0 unspecified atom stereocenters. The van der Waals surface area contributed by atoms with Crippen LogP contribution in [0, 0.1) is 5.82 Å². The minimum atomic E-state index is -0.432. The van der Waals surface area contributed by atoms with Crippen molar-refractivity contribution in [2.45, 2.75) is 6.42 Å². The van der Waals surface area contributed by atoms with Gasteiger partial charge >= 0.3 is 0 Å². The van der Waals surface area contributed by atoms with Crippen molar-refractivity contribution < 1.29 is 18.3 Å². The lowest BCUT2D eigenvalue weighted by Crippen LogP contribution is -2.10. The van der Waals surface area contributed by atoms with Crippen LogP contribution in [0.5, 0.6) is 5.75 Å². The molecule has 0 spiro atoms. The lowest BCUT2D eigenvalue weighted by Gasteiger charge is -2.01. The Labute approximate surface area is 170 Å². The maximum atomic E-state index is 13.9. The van der Waals surface area contributed by atoms with Crippen LogP contribution in [0.1, 0.15) is 21.0 Å². The number of hydrogen-bond acceptors (Lipinski definition) is 5. The van der Waals surface area contributed by atoms with Crippen molar-refractivity contribution in [3.05, 3.63) is 88.9 Å². The van der Waals surface area contributed by atoms with Crippen molar-refractivity contribution in [1.82, 2.24) is 4.98 Å². The van der Waals surface area contributed by atoms with E-state index in [-0.39, 0.29) is 5.76 Å². The van der Waals surface area contributed by atoms with Gasteiger partial charge < -0.3 is 9.15 Å². The first kappa shape index (κ1) is 18.9. The van der Waals surface area contributed by atoms with Gasteiger partial charge in [-0.2, -0.15) is 0 Å². The van der Waals surface area contributed by atoms with Gasteiger partial charge in [-0.05, 0) is 42.0 Å². The number of nitrogens with zero attached hydrogens (tertiary/aromatic N) is 1. The third-order valence-electron chi connectivity index (χ3n) is 4.28. The van der Waals surface area contributed by atoms with Crippen LogP contribution in [0.3, 0.4) is 0 Å². The number of methoxy groups -OCH3 is 1. The predicted octanol–water partition coefficient (Wildman–Crippen LogP) is 5.39. The van der Waals surface area contributed by atoms with Crippen molar-refractivity contribution >= 4 is 22.4 Å². The van der Waals surface area contributed by atoms with Crippen molar-refractivity contribution in [1.29, 1.82) is 0 Å². The zero-order chi connectivity index (χ0) is 20.2. The molecule has 7 heteroatoms. The number of halogens is 1. The van der Waals surface area contributed by atoms with E-state index in [4.69, 9.17) is 9.15 Å². The number of carbonyl (C=O) groups is 1. The third kappa shape index (κ3) is 4.35. The molecule has 2 heterocycles. The van der Waals surface area contributed by atoms with E-state index in [1.54, 1.807) is 37.6 Å². The van der Waals surface area contributed by atoms with Gasteiger partial charge in [0.05, 0.1) is 12.7 Å². The Bertz CT molecular complexity index is 1130. The Balaban J connectivity index is 1.42. The number of furan rings is 1. The summed E-state index contributed by atoms with van der Waals surface area (Å²) >= 11 is 1.39. The van der Waals surface area contributed by atoms with E-state index >= 15 is 0 Å². The van der Waals surface area contributed by atoms with E-state index in [2.05, 4.69) is 10.3 Å². The monoisotopic (exact) mass is 408 g/mol. The highest BCUT2D eigenvalue weighted by molar-refractivity contribution is 7.15. The maximum absolute atomic E-state index is 13.9. The SMILES string of the molecule is COc1ccc(Cc2cnc(NC(=O)c3ccc(-c4ccccc4F)o3)s2)cc1. The molecular weight excluding hydrogens is 391 g/mol. The summed E-state index contributed by atoms with van der Waals surface area (Å²) in [5.41, 5.74) is 1.43. The molecule has 0 atom stereocenters. The number of hydrogen-bond donors (Lipinski definition) is 1. The highest BCUT2D eigenvalue weighted by atomic mass is 32.1. The van der Waals surface area contributed by atoms with Gasteiger partial charge in [-0.1, -0.05) is 24.3 Å². The van der Waals surface area contributed by atoms with Crippen LogP contribution < -0.4 is 10.1 Å². The molecule has 29 heavy (non-hydrogen) atoms. The molecule has 0 radical (unpaired) electrons. The second-order valence-electron chi connectivity index (χ2n) is 6.25. The van der Waals surface area contributed by atoms with Gasteiger partial charge in [0.2, 0.25) is 0 Å². The second kappa shape index (κ2) is 8.28. The molecule has 0 aliphatic heterocycles. The van der Waals surface area contributed by atoms with E-state index in [0.29, 0.717) is 22.9 Å². The second-order valence-corrected chi connectivity index (χ2v) is 7.37. The van der Waals surface area contributed by atoms with Crippen LogP contribution in [-0.2, 0) is 6.42 Å². The molecule has 0 saturated heterocycles. The minimum Gasteiger partial charge on any atom is -0.497 e.